The Kier molecular flexibility index (Phi) is 9.14. The quantitative estimate of drug-likeness (QED) is 0.337. The van der Waals surface area contributed by atoms with Gasteiger partial charge < -0.3 is 14.5 Å². The van der Waals surface area contributed by atoms with Crippen LogP contribution in [0.4, 0.5) is 5.82 Å². The Balaban J connectivity index is 1.53. The van der Waals surface area contributed by atoms with Crippen molar-refractivity contribution >= 4 is 17.4 Å². The molecular formula is C33H44N6O2. The van der Waals surface area contributed by atoms with Crippen LogP contribution in [0.1, 0.15) is 69.4 Å². The predicted octanol–water partition coefficient (Wildman–Crippen LogP) is 5.21. The highest BCUT2D eigenvalue weighted by molar-refractivity contribution is 5.94. The van der Waals surface area contributed by atoms with Crippen molar-refractivity contribution < 1.29 is 9.53 Å². The number of imidazole rings is 1. The molecular weight excluding hydrogens is 512 g/mol. The molecule has 3 aromatic rings. The van der Waals surface area contributed by atoms with E-state index >= 15 is 0 Å². The molecule has 0 radical (unpaired) electrons. The summed E-state index contributed by atoms with van der Waals surface area (Å²) in [6, 6.07) is 5.84. The molecule has 0 atom stereocenters. The van der Waals surface area contributed by atoms with Crippen molar-refractivity contribution in [2.24, 2.45) is 11.8 Å². The fourth-order valence-corrected chi connectivity index (χ4v) is 5.35. The molecule has 218 valence electrons. The van der Waals surface area contributed by atoms with Crippen LogP contribution in [0, 0.1) is 23.7 Å². The molecule has 3 aromatic heterocycles. The fraction of sp³-hybridized carbons (Fsp3) is 0.545. The van der Waals surface area contributed by atoms with E-state index in [9.17, 15) is 4.79 Å². The number of amides is 1. The number of likely N-dealkylation sites (N-methyl/N-ethyl adjacent to an activating group) is 1. The molecule has 8 nitrogen and oxygen atoms in total. The molecule has 1 fully saturated rings. The monoisotopic (exact) mass is 556 g/mol. The third-order valence-corrected chi connectivity index (χ3v) is 7.97. The van der Waals surface area contributed by atoms with E-state index in [-0.39, 0.29) is 5.91 Å². The van der Waals surface area contributed by atoms with Crippen molar-refractivity contribution in [3.05, 3.63) is 41.9 Å². The number of anilines is 1. The van der Waals surface area contributed by atoms with Gasteiger partial charge in [0.05, 0.1) is 18.7 Å². The van der Waals surface area contributed by atoms with E-state index in [2.05, 4.69) is 49.3 Å². The highest BCUT2D eigenvalue weighted by Crippen LogP contribution is 2.34. The van der Waals surface area contributed by atoms with Gasteiger partial charge in [-0.1, -0.05) is 33.6 Å². The fourth-order valence-electron chi connectivity index (χ4n) is 5.35. The summed E-state index contributed by atoms with van der Waals surface area (Å²) in [5.41, 5.74) is 3.80. The van der Waals surface area contributed by atoms with Gasteiger partial charge in [-0.25, -0.2) is 9.97 Å². The molecule has 0 unspecified atom stereocenters. The van der Waals surface area contributed by atoms with Crippen LogP contribution in [-0.2, 0) is 0 Å². The van der Waals surface area contributed by atoms with Crippen LogP contribution < -0.4 is 9.64 Å². The molecule has 5 rings (SSSR count). The first-order chi connectivity index (χ1) is 19.8. The first kappa shape index (κ1) is 28.9. The van der Waals surface area contributed by atoms with Crippen molar-refractivity contribution in [2.75, 3.05) is 57.8 Å². The third kappa shape index (κ3) is 6.84. The normalized spacial score (nSPS) is 15.2. The summed E-state index contributed by atoms with van der Waals surface area (Å²) in [7, 11) is 2.03. The number of rotatable bonds is 9. The lowest BCUT2D eigenvalue weighted by molar-refractivity contribution is 0.0740. The Labute approximate surface area is 244 Å². The van der Waals surface area contributed by atoms with E-state index in [1.807, 2.05) is 46.9 Å². The predicted molar refractivity (Wildman–Crippen MR) is 165 cm³/mol. The summed E-state index contributed by atoms with van der Waals surface area (Å²) in [5.74, 6) is 9.55. The maximum atomic E-state index is 13.8. The van der Waals surface area contributed by atoms with E-state index < -0.39 is 0 Å². The van der Waals surface area contributed by atoms with Gasteiger partial charge in [0.1, 0.15) is 23.6 Å². The van der Waals surface area contributed by atoms with Crippen molar-refractivity contribution in [1.29, 1.82) is 0 Å². The second kappa shape index (κ2) is 12.9. The molecule has 41 heavy (non-hydrogen) atoms. The second-order valence-corrected chi connectivity index (χ2v) is 12.2. The van der Waals surface area contributed by atoms with Crippen molar-refractivity contribution in [3.63, 3.8) is 0 Å². The van der Waals surface area contributed by atoms with Crippen LogP contribution in [0.2, 0.25) is 0 Å². The Morgan fingerprint density at radius 3 is 2.51 bits per heavy atom. The van der Waals surface area contributed by atoms with Gasteiger partial charge in [0.2, 0.25) is 0 Å². The van der Waals surface area contributed by atoms with Crippen molar-refractivity contribution in [1.82, 2.24) is 24.2 Å². The van der Waals surface area contributed by atoms with E-state index in [1.54, 1.807) is 0 Å². The summed E-state index contributed by atoms with van der Waals surface area (Å²) in [6.45, 7) is 14.7. The van der Waals surface area contributed by atoms with Gasteiger partial charge in [0.25, 0.3) is 5.91 Å². The number of carbonyl (C=O) groups is 1. The van der Waals surface area contributed by atoms with Crippen LogP contribution in [0.25, 0.3) is 16.9 Å². The van der Waals surface area contributed by atoms with E-state index in [0.29, 0.717) is 24.0 Å². The summed E-state index contributed by atoms with van der Waals surface area (Å²) < 4.78 is 7.92. The van der Waals surface area contributed by atoms with E-state index in [0.717, 1.165) is 86.3 Å². The standard InChI is InChI=1S/C33H44N6O2/c1-24(2)12-17-38(18-13-25(3)4)33(40)26-10-11-30-35-31(27-21-29-32(34-22-27)36(5)19-20-41-29)28(39(30)23-26)9-8-16-37-14-6-7-15-37/h10-11,21-25H,6-7,12-20H2,1-5H3. The number of fused-ring (bicyclic) bond motifs is 2. The number of hydrogen-bond donors (Lipinski definition) is 0. The Hall–Kier alpha value is -3.57. The van der Waals surface area contributed by atoms with Crippen molar-refractivity contribution in [2.45, 2.75) is 53.4 Å². The zero-order chi connectivity index (χ0) is 28.9. The van der Waals surface area contributed by atoms with Crippen LogP contribution in [0.15, 0.2) is 30.6 Å². The number of carbonyl (C=O) groups excluding carboxylic acids is 1. The smallest absolute Gasteiger partial charge is 0.255 e. The number of nitrogens with zero attached hydrogens (tertiary/aromatic N) is 6. The molecule has 0 bridgehead atoms. The molecule has 5 heterocycles. The Bertz CT molecular complexity index is 1410. The average molecular weight is 557 g/mol. The Morgan fingerprint density at radius 1 is 1.07 bits per heavy atom. The lowest BCUT2D eigenvalue weighted by Gasteiger charge is -2.26. The molecule has 0 aliphatic carbocycles. The molecule has 0 spiro atoms. The first-order valence-corrected chi connectivity index (χ1v) is 15.2. The van der Waals surface area contributed by atoms with E-state index in [1.165, 1.54) is 12.8 Å². The van der Waals surface area contributed by atoms with Gasteiger partial charge in [-0.15, -0.1) is 0 Å². The van der Waals surface area contributed by atoms with Gasteiger partial charge in [0, 0.05) is 38.1 Å². The SMILES string of the molecule is CC(C)CCN(CCC(C)C)C(=O)c1ccc2nc(-c3cnc4c(c3)OCCN4C)c(C#CCN3CCCC3)n2c1. The molecule has 0 N–H and O–H groups in total. The number of hydrogen-bond acceptors (Lipinski definition) is 6. The number of aromatic nitrogens is 3. The van der Waals surface area contributed by atoms with Gasteiger partial charge in [-0.3, -0.25) is 14.1 Å². The summed E-state index contributed by atoms with van der Waals surface area (Å²) >= 11 is 0. The first-order valence-electron chi connectivity index (χ1n) is 15.2. The van der Waals surface area contributed by atoms with Crippen LogP contribution in [0.5, 0.6) is 5.75 Å². The average Bonchev–Trinajstić information content (AvgIpc) is 3.60. The Morgan fingerprint density at radius 2 is 1.80 bits per heavy atom. The highest BCUT2D eigenvalue weighted by atomic mass is 16.5. The van der Waals surface area contributed by atoms with Gasteiger partial charge in [-0.2, -0.15) is 0 Å². The zero-order valence-electron chi connectivity index (χ0n) is 25.3. The minimum absolute atomic E-state index is 0.0614. The van der Waals surface area contributed by atoms with Crippen LogP contribution in [0.3, 0.4) is 0 Å². The molecule has 8 heteroatoms. The number of pyridine rings is 2. The number of likely N-dealkylation sites (tertiary alicyclic amines) is 1. The topological polar surface area (TPSA) is 66.2 Å². The highest BCUT2D eigenvalue weighted by Gasteiger charge is 2.22. The molecule has 0 aromatic carbocycles. The summed E-state index contributed by atoms with van der Waals surface area (Å²) in [6.07, 6.45) is 8.19. The summed E-state index contributed by atoms with van der Waals surface area (Å²) in [4.78, 5) is 30.0. The molecule has 0 saturated carbocycles. The van der Waals surface area contributed by atoms with Crippen molar-refractivity contribution in [3.8, 4) is 28.8 Å². The summed E-state index contributed by atoms with van der Waals surface area (Å²) in [5, 5.41) is 0. The molecule has 1 saturated heterocycles. The van der Waals surface area contributed by atoms with Crippen LogP contribution >= 0.6 is 0 Å². The maximum Gasteiger partial charge on any atom is 0.255 e. The maximum absolute atomic E-state index is 13.8. The third-order valence-electron chi connectivity index (χ3n) is 7.97. The van der Waals surface area contributed by atoms with Gasteiger partial charge >= 0.3 is 0 Å². The lowest BCUT2D eigenvalue weighted by atomic mass is 10.1. The minimum atomic E-state index is 0.0614. The lowest BCUT2D eigenvalue weighted by Crippen LogP contribution is -2.34. The van der Waals surface area contributed by atoms with E-state index in [4.69, 9.17) is 14.7 Å². The van der Waals surface area contributed by atoms with Crippen LogP contribution in [-0.4, -0.2) is 83.0 Å². The zero-order valence-corrected chi connectivity index (χ0v) is 25.3. The number of ether oxygens (including phenoxy) is 1. The second-order valence-electron chi connectivity index (χ2n) is 12.2. The largest absolute Gasteiger partial charge is 0.488 e. The van der Waals surface area contributed by atoms with Gasteiger partial charge in [0.15, 0.2) is 11.6 Å². The molecule has 2 aliphatic heterocycles. The van der Waals surface area contributed by atoms with Gasteiger partial charge in [-0.05, 0) is 74.7 Å². The molecule has 1 amide bonds. The molecule has 2 aliphatic rings. The minimum Gasteiger partial charge on any atom is -0.488 e.